The van der Waals surface area contributed by atoms with E-state index < -0.39 is 12.5 Å². The lowest BCUT2D eigenvalue weighted by Crippen LogP contribution is -2.21. The molecule has 2 aromatic heterocycles. The smallest absolute Gasteiger partial charge is 0.387 e. The van der Waals surface area contributed by atoms with Crippen molar-refractivity contribution in [2.24, 2.45) is 7.05 Å². The van der Waals surface area contributed by atoms with Gasteiger partial charge in [-0.05, 0) is 32.3 Å². The number of anilines is 4. The molecule has 0 saturated carbocycles. The summed E-state index contributed by atoms with van der Waals surface area (Å²) in [6.45, 7) is 1.59. The third-order valence-electron chi connectivity index (χ3n) is 5.63. The number of alkyl halides is 2. The standard InChI is InChI=1S/C26H28F2N8O2/c1-5-25(37)34-20-11-21(23(38-26(27)28)12-19(20)29-8-9-35(2)3)33-24-13-18(30-15-31-24)16-6-7-17-14-32-36(4)22(17)10-16/h5-7,10-15,26,29H,1,8-9H2,2-4H3,(H,34,37)(H,30,31,33). The molecule has 198 valence electrons. The molecule has 0 radical (unpaired) electrons. The first-order valence-corrected chi connectivity index (χ1v) is 11.7. The van der Waals surface area contributed by atoms with Crippen molar-refractivity contribution in [1.29, 1.82) is 0 Å². The molecule has 0 unspecified atom stereocenters. The summed E-state index contributed by atoms with van der Waals surface area (Å²) in [5.41, 5.74) is 3.32. The Bertz CT molecular complexity index is 1450. The number of hydrogen-bond donors (Lipinski definition) is 3. The van der Waals surface area contributed by atoms with Crippen molar-refractivity contribution in [3.8, 4) is 17.0 Å². The van der Waals surface area contributed by atoms with E-state index in [1.54, 1.807) is 16.9 Å². The van der Waals surface area contributed by atoms with Crippen LogP contribution in [0.1, 0.15) is 0 Å². The van der Waals surface area contributed by atoms with E-state index in [4.69, 9.17) is 4.74 Å². The highest BCUT2D eigenvalue weighted by Gasteiger charge is 2.17. The minimum atomic E-state index is -3.06. The number of rotatable bonds is 11. The second-order valence-electron chi connectivity index (χ2n) is 8.65. The lowest BCUT2D eigenvalue weighted by atomic mass is 10.1. The summed E-state index contributed by atoms with van der Waals surface area (Å²) in [6.07, 6.45) is 4.27. The molecule has 2 aromatic carbocycles. The van der Waals surface area contributed by atoms with Crippen molar-refractivity contribution in [1.82, 2.24) is 24.6 Å². The van der Waals surface area contributed by atoms with Crippen molar-refractivity contribution in [3.05, 3.63) is 61.6 Å². The third kappa shape index (κ3) is 6.40. The van der Waals surface area contributed by atoms with Crippen LogP contribution < -0.4 is 20.7 Å². The molecule has 0 saturated heterocycles. The summed E-state index contributed by atoms with van der Waals surface area (Å²) >= 11 is 0. The van der Waals surface area contributed by atoms with Crippen LogP contribution in [0.5, 0.6) is 5.75 Å². The van der Waals surface area contributed by atoms with Gasteiger partial charge in [-0.15, -0.1) is 0 Å². The van der Waals surface area contributed by atoms with E-state index in [-0.39, 0.29) is 11.4 Å². The molecule has 12 heteroatoms. The van der Waals surface area contributed by atoms with Crippen molar-refractivity contribution in [2.45, 2.75) is 6.61 Å². The van der Waals surface area contributed by atoms with Gasteiger partial charge in [0.15, 0.2) is 5.75 Å². The molecule has 0 atom stereocenters. The van der Waals surface area contributed by atoms with Crippen molar-refractivity contribution in [2.75, 3.05) is 43.1 Å². The molecular weight excluding hydrogens is 494 g/mol. The molecular formula is C26H28F2N8O2. The van der Waals surface area contributed by atoms with Crippen LogP contribution in [0.4, 0.5) is 31.7 Å². The van der Waals surface area contributed by atoms with Crippen molar-refractivity contribution in [3.63, 3.8) is 0 Å². The number of aryl methyl sites for hydroxylation is 1. The van der Waals surface area contributed by atoms with Crippen LogP contribution in [0, 0.1) is 0 Å². The number of halogens is 2. The zero-order valence-corrected chi connectivity index (χ0v) is 21.2. The number of carbonyl (C=O) groups excluding carboxylic acids is 1. The number of aromatic nitrogens is 4. The second-order valence-corrected chi connectivity index (χ2v) is 8.65. The summed E-state index contributed by atoms with van der Waals surface area (Å²) in [4.78, 5) is 22.6. The number of ether oxygens (including phenoxy) is 1. The minimum Gasteiger partial charge on any atom is -0.433 e. The molecule has 4 aromatic rings. The molecule has 10 nitrogen and oxygen atoms in total. The highest BCUT2D eigenvalue weighted by atomic mass is 19.3. The molecule has 1 amide bonds. The number of fused-ring (bicyclic) bond motifs is 1. The number of likely N-dealkylation sites (N-methyl/N-ethyl adjacent to an activating group) is 1. The molecule has 3 N–H and O–H groups in total. The van der Waals surface area contributed by atoms with Crippen molar-refractivity contribution >= 4 is 39.7 Å². The Morgan fingerprint density at radius 2 is 1.97 bits per heavy atom. The number of carbonyl (C=O) groups is 1. The molecule has 0 bridgehead atoms. The van der Waals surface area contributed by atoms with Gasteiger partial charge < -0.3 is 25.6 Å². The Kier molecular flexibility index (Phi) is 8.12. The zero-order valence-electron chi connectivity index (χ0n) is 21.2. The predicted molar refractivity (Wildman–Crippen MR) is 144 cm³/mol. The van der Waals surface area contributed by atoms with Gasteiger partial charge in [0, 0.05) is 43.2 Å². The summed E-state index contributed by atoms with van der Waals surface area (Å²) in [5.74, 6) is -0.238. The third-order valence-corrected chi connectivity index (χ3v) is 5.63. The Labute approximate surface area is 218 Å². The van der Waals surface area contributed by atoms with E-state index in [1.165, 1.54) is 18.5 Å². The van der Waals surface area contributed by atoms with Crippen LogP contribution in [0.25, 0.3) is 22.2 Å². The summed E-state index contributed by atoms with van der Waals surface area (Å²) in [5, 5.41) is 14.1. The Balaban J connectivity index is 1.69. The van der Waals surface area contributed by atoms with Crippen LogP contribution in [0.2, 0.25) is 0 Å². The normalized spacial score (nSPS) is 11.1. The average Bonchev–Trinajstić information content (AvgIpc) is 3.25. The van der Waals surface area contributed by atoms with Crippen LogP contribution in [-0.4, -0.2) is 64.4 Å². The van der Waals surface area contributed by atoms with E-state index in [0.717, 1.165) is 22.5 Å². The molecule has 0 spiro atoms. The fourth-order valence-corrected chi connectivity index (χ4v) is 3.74. The maximum Gasteiger partial charge on any atom is 0.387 e. The lowest BCUT2D eigenvalue weighted by Gasteiger charge is -2.19. The van der Waals surface area contributed by atoms with Gasteiger partial charge in [0.1, 0.15) is 12.1 Å². The maximum atomic E-state index is 13.3. The summed E-state index contributed by atoms with van der Waals surface area (Å²) in [6, 6.07) is 10.4. The fraction of sp³-hybridized carbons (Fsp3) is 0.231. The number of nitrogens with zero attached hydrogens (tertiary/aromatic N) is 5. The van der Waals surface area contributed by atoms with Gasteiger partial charge in [-0.2, -0.15) is 13.9 Å². The molecule has 0 aliphatic carbocycles. The number of hydrogen-bond acceptors (Lipinski definition) is 8. The first kappa shape index (κ1) is 26.5. The van der Waals surface area contributed by atoms with Crippen LogP contribution >= 0.6 is 0 Å². The molecule has 4 rings (SSSR count). The Hall–Kier alpha value is -4.58. The SMILES string of the molecule is C=CC(=O)Nc1cc(Nc2cc(-c3ccc4cnn(C)c4c3)ncn2)c(OC(F)F)cc1NCCN(C)C. The van der Waals surface area contributed by atoms with Crippen LogP contribution in [0.15, 0.2) is 61.6 Å². The summed E-state index contributed by atoms with van der Waals surface area (Å²) in [7, 11) is 5.67. The quantitative estimate of drug-likeness (QED) is 0.248. The van der Waals surface area contributed by atoms with E-state index in [2.05, 4.69) is 37.6 Å². The highest BCUT2D eigenvalue weighted by molar-refractivity contribution is 6.02. The molecule has 0 fully saturated rings. The molecule has 2 heterocycles. The van der Waals surface area contributed by atoms with E-state index in [1.807, 2.05) is 44.2 Å². The minimum absolute atomic E-state index is 0.125. The Morgan fingerprint density at radius 3 is 2.71 bits per heavy atom. The Morgan fingerprint density at radius 1 is 1.16 bits per heavy atom. The highest BCUT2D eigenvalue weighted by Crippen LogP contribution is 2.38. The van der Waals surface area contributed by atoms with Gasteiger partial charge >= 0.3 is 6.61 Å². The molecule has 38 heavy (non-hydrogen) atoms. The van der Waals surface area contributed by atoms with Gasteiger partial charge in [0.2, 0.25) is 5.91 Å². The van der Waals surface area contributed by atoms with Gasteiger partial charge in [-0.1, -0.05) is 18.7 Å². The first-order chi connectivity index (χ1) is 18.2. The summed E-state index contributed by atoms with van der Waals surface area (Å²) < 4.78 is 33.2. The van der Waals surface area contributed by atoms with E-state index in [0.29, 0.717) is 36.0 Å². The molecule has 0 aliphatic heterocycles. The number of benzene rings is 2. The van der Waals surface area contributed by atoms with Gasteiger partial charge in [0.25, 0.3) is 0 Å². The zero-order chi connectivity index (χ0) is 27.2. The molecule has 0 aliphatic rings. The van der Waals surface area contributed by atoms with Gasteiger partial charge in [-0.3, -0.25) is 9.48 Å². The van der Waals surface area contributed by atoms with Crippen LogP contribution in [-0.2, 0) is 11.8 Å². The van der Waals surface area contributed by atoms with E-state index >= 15 is 0 Å². The largest absolute Gasteiger partial charge is 0.433 e. The van der Waals surface area contributed by atoms with Crippen molar-refractivity contribution < 1.29 is 18.3 Å². The average molecular weight is 523 g/mol. The van der Waals surface area contributed by atoms with Gasteiger partial charge in [-0.25, -0.2) is 9.97 Å². The second kappa shape index (κ2) is 11.6. The maximum absolute atomic E-state index is 13.3. The first-order valence-electron chi connectivity index (χ1n) is 11.7. The van der Waals surface area contributed by atoms with E-state index in [9.17, 15) is 13.6 Å². The van der Waals surface area contributed by atoms with Gasteiger partial charge in [0.05, 0.1) is 34.5 Å². The lowest BCUT2D eigenvalue weighted by molar-refractivity contribution is -0.111. The number of amides is 1. The monoisotopic (exact) mass is 522 g/mol. The van der Waals surface area contributed by atoms with Crippen LogP contribution in [0.3, 0.4) is 0 Å². The predicted octanol–water partition coefficient (Wildman–Crippen LogP) is 4.47. The fourth-order valence-electron chi connectivity index (χ4n) is 3.74. The number of nitrogens with one attached hydrogen (secondary N) is 3. The topological polar surface area (TPSA) is 109 Å².